The minimum absolute atomic E-state index is 0.000946. The average molecular weight is 807 g/mol. The number of carboxylic acids is 1. The first-order chi connectivity index (χ1) is 26.5. The van der Waals surface area contributed by atoms with Crippen molar-refractivity contribution in [2.75, 3.05) is 19.6 Å². The minimum atomic E-state index is -4.92. The molecule has 0 unspecified atom stereocenters. The van der Waals surface area contributed by atoms with E-state index >= 15 is 4.79 Å². The van der Waals surface area contributed by atoms with Gasteiger partial charge in [0.15, 0.2) is 0 Å². The molecule has 2 saturated heterocycles. The third-order valence-electron chi connectivity index (χ3n) is 11.1. The maximum absolute atomic E-state index is 15.0. The van der Waals surface area contributed by atoms with E-state index in [-0.39, 0.29) is 63.6 Å². The highest BCUT2D eigenvalue weighted by Crippen LogP contribution is 2.45. The molecule has 4 heterocycles. The van der Waals surface area contributed by atoms with Gasteiger partial charge in [-0.15, -0.1) is 11.3 Å². The molecule has 1 aliphatic carbocycles. The Morgan fingerprint density at radius 1 is 1.02 bits per heavy atom. The number of rotatable bonds is 10. The molecule has 1 aromatic carbocycles. The Bertz CT molecular complexity index is 1970. The number of nitriles is 1. The van der Waals surface area contributed by atoms with Gasteiger partial charge in [-0.3, -0.25) is 19.4 Å². The Labute approximate surface area is 323 Å². The predicted octanol–water partition coefficient (Wildman–Crippen LogP) is 8.12. The first-order valence-corrected chi connectivity index (χ1v) is 19.3. The number of hydrogen-bond acceptors (Lipinski definition) is 8. The highest BCUT2D eigenvalue weighted by molar-refractivity contribution is 7.10. The van der Waals surface area contributed by atoms with E-state index in [0.717, 1.165) is 34.7 Å². The van der Waals surface area contributed by atoms with Gasteiger partial charge in [0.1, 0.15) is 22.1 Å². The molecular formula is C39H40F6N4O6S. The monoisotopic (exact) mass is 806 g/mol. The number of ether oxygens (including phenoxy) is 2. The van der Waals surface area contributed by atoms with Crippen LogP contribution in [0.2, 0.25) is 0 Å². The molecule has 10 nitrogen and oxygen atoms in total. The van der Waals surface area contributed by atoms with Crippen LogP contribution in [0.25, 0.3) is 0 Å². The topological polar surface area (TPSA) is 133 Å². The summed E-state index contributed by atoms with van der Waals surface area (Å²) in [7, 11) is 0. The van der Waals surface area contributed by atoms with E-state index in [1.54, 1.807) is 31.2 Å². The Morgan fingerprint density at radius 3 is 2.38 bits per heavy atom. The molecule has 0 spiro atoms. The number of nitrogens with zero attached hydrogens (tertiary/aromatic N) is 4. The number of para-hydroxylation sites is 1. The molecule has 17 heteroatoms. The van der Waals surface area contributed by atoms with E-state index in [1.165, 1.54) is 4.90 Å². The van der Waals surface area contributed by atoms with Crippen molar-refractivity contribution >= 4 is 29.1 Å². The van der Waals surface area contributed by atoms with Gasteiger partial charge in [-0.2, -0.15) is 31.6 Å². The quantitative estimate of drug-likeness (QED) is 0.203. The van der Waals surface area contributed by atoms with Gasteiger partial charge in [0, 0.05) is 49.3 Å². The summed E-state index contributed by atoms with van der Waals surface area (Å²) in [5.41, 5.74) is -4.69. The molecule has 3 aliphatic rings. The number of alkyl halides is 6. The molecular weight excluding hydrogens is 767 g/mol. The number of carbonyl (C=O) groups excluding carboxylic acids is 2. The maximum Gasteiger partial charge on any atom is 0.425 e. The number of hydrogen-bond donors (Lipinski definition) is 1. The van der Waals surface area contributed by atoms with Crippen molar-refractivity contribution in [3.05, 3.63) is 75.7 Å². The van der Waals surface area contributed by atoms with Crippen molar-refractivity contribution < 1.29 is 55.3 Å². The number of aliphatic carboxylic acids is 1. The predicted molar refractivity (Wildman–Crippen MR) is 190 cm³/mol. The molecule has 0 bridgehead atoms. The third-order valence-corrected chi connectivity index (χ3v) is 12.0. The molecule has 0 radical (unpaired) electrons. The smallest absolute Gasteiger partial charge is 0.425 e. The average Bonchev–Trinajstić information content (AvgIpc) is 3.85. The van der Waals surface area contributed by atoms with Crippen molar-refractivity contribution in [3.63, 3.8) is 0 Å². The Kier molecular flexibility index (Phi) is 11.6. The van der Waals surface area contributed by atoms with Crippen LogP contribution in [0.5, 0.6) is 11.5 Å². The molecule has 2 aliphatic heterocycles. The number of pyridine rings is 1. The van der Waals surface area contributed by atoms with Crippen molar-refractivity contribution in [1.82, 2.24) is 14.8 Å². The van der Waals surface area contributed by atoms with Crippen LogP contribution >= 0.6 is 11.3 Å². The van der Waals surface area contributed by atoms with Crippen LogP contribution in [0.15, 0.2) is 54.0 Å². The summed E-state index contributed by atoms with van der Waals surface area (Å²) >= 11 is 0.361. The first-order valence-electron chi connectivity index (χ1n) is 18.4. The third kappa shape index (κ3) is 8.03. The van der Waals surface area contributed by atoms with E-state index in [4.69, 9.17) is 9.47 Å². The van der Waals surface area contributed by atoms with Gasteiger partial charge in [0.25, 0.3) is 11.8 Å². The second-order valence-corrected chi connectivity index (χ2v) is 15.4. The van der Waals surface area contributed by atoms with E-state index < -0.39 is 69.2 Å². The number of aromatic nitrogens is 1. The summed E-state index contributed by atoms with van der Waals surface area (Å²) in [4.78, 5) is 46.0. The van der Waals surface area contributed by atoms with E-state index in [9.17, 15) is 46.3 Å². The second-order valence-electron chi connectivity index (χ2n) is 14.5. The number of benzene rings is 1. The van der Waals surface area contributed by atoms with E-state index in [1.807, 2.05) is 0 Å². The van der Waals surface area contributed by atoms with Crippen LogP contribution in [-0.4, -0.2) is 75.1 Å². The standard InChI is InChI=1S/C39H40F6N4O6S/c1-2-7-30-37(55-26-21-31(56-22-26)39(43,44)45,13-6-17-49(30)33(50)32-28(38(40,41)42)9-5-16-47-32)35(53)48-18-14-36(23-46,15-19-48)27-8-3-4-10-29(27)54-25-12-11-24(20-25)34(51)52/h3-5,8-10,16,21-22,24-25,30H,2,6-7,11-15,17-20H2,1H3,(H,51,52)/t24-,25+,30-,37+/m1/s1. The highest BCUT2D eigenvalue weighted by Gasteiger charge is 2.57. The summed E-state index contributed by atoms with van der Waals surface area (Å²) in [6, 6.07) is 10.7. The molecule has 300 valence electrons. The van der Waals surface area contributed by atoms with Gasteiger partial charge in [0.05, 0.1) is 35.1 Å². The summed E-state index contributed by atoms with van der Waals surface area (Å²) < 4.78 is 96.0. The summed E-state index contributed by atoms with van der Waals surface area (Å²) in [5, 5.41) is 21.2. The van der Waals surface area contributed by atoms with Crippen LogP contribution in [0.3, 0.4) is 0 Å². The van der Waals surface area contributed by atoms with Crippen molar-refractivity contribution in [1.29, 1.82) is 5.26 Å². The second kappa shape index (κ2) is 16.0. The minimum Gasteiger partial charge on any atom is -0.490 e. The largest absolute Gasteiger partial charge is 0.490 e. The maximum atomic E-state index is 15.0. The fourth-order valence-electron chi connectivity index (χ4n) is 8.29. The SMILES string of the molecule is CCC[C@H]1N(C(=O)c2ncccc2C(F)(F)F)CCC[C@@]1(Oc1csc(C(F)(F)F)c1)C(=O)N1CCC(C#N)(c2ccccc2O[C@H]2CC[C@@H](C(=O)O)C2)CC1. The lowest BCUT2D eigenvalue weighted by molar-refractivity contribution is -0.160. The number of thiophene rings is 1. The van der Waals surface area contributed by atoms with E-state index in [0.29, 0.717) is 48.3 Å². The highest BCUT2D eigenvalue weighted by atomic mass is 32.1. The van der Waals surface area contributed by atoms with Gasteiger partial charge in [-0.25, -0.2) is 0 Å². The fourth-order valence-corrected chi connectivity index (χ4v) is 8.97. The molecule has 2 amide bonds. The number of amides is 2. The van der Waals surface area contributed by atoms with Crippen LogP contribution in [0.4, 0.5) is 26.3 Å². The number of halogens is 6. The van der Waals surface area contributed by atoms with E-state index in [2.05, 4.69) is 11.1 Å². The van der Waals surface area contributed by atoms with Gasteiger partial charge in [-0.05, 0) is 63.1 Å². The summed E-state index contributed by atoms with van der Waals surface area (Å²) in [6.07, 6.45) is -6.98. The van der Waals surface area contributed by atoms with Crippen LogP contribution in [0.1, 0.15) is 91.2 Å². The Hall–Kier alpha value is -4.85. The Balaban J connectivity index is 1.33. The summed E-state index contributed by atoms with van der Waals surface area (Å²) in [5.74, 6) is -3.02. The van der Waals surface area contributed by atoms with Gasteiger partial charge >= 0.3 is 18.3 Å². The lowest BCUT2D eigenvalue weighted by Gasteiger charge is -2.51. The zero-order valence-corrected chi connectivity index (χ0v) is 31.2. The van der Waals surface area contributed by atoms with Gasteiger partial charge in [0.2, 0.25) is 5.60 Å². The molecule has 6 rings (SSSR count). The lowest BCUT2D eigenvalue weighted by Crippen LogP contribution is -2.68. The van der Waals surface area contributed by atoms with Crippen LogP contribution in [-0.2, 0) is 27.4 Å². The molecule has 4 atom stereocenters. The zero-order chi connectivity index (χ0) is 40.5. The van der Waals surface area contributed by atoms with Crippen molar-refractivity contribution in [3.8, 4) is 17.6 Å². The molecule has 1 saturated carbocycles. The van der Waals surface area contributed by atoms with Crippen LogP contribution < -0.4 is 9.47 Å². The van der Waals surface area contributed by atoms with Gasteiger partial charge in [-0.1, -0.05) is 31.5 Å². The molecule has 3 fully saturated rings. The normalized spacial score (nSPS) is 24.0. The van der Waals surface area contributed by atoms with Crippen molar-refractivity contribution in [2.24, 2.45) is 5.92 Å². The molecule has 3 aromatic rings. The van der Waals surface area contributed by atoms with Crippen LogP contribution in [0, 0.1) is 17.2 Å². The van der Waals surface area contributed by atoms with Crippen molar-refractivity contribution in [2.45, 2.75) is 100 Å². The number of carbonyl (C=O) groups is 3. The van der Waals surface area contributed by atoms with Gasteiger partial charge < -0.3 is 24.4 Å². The summed E-state index contributed by atoms with van der Waals surface area (Å²) in [6.45, 7) is 1.68. The first kappa shape index (κ1) is 40.8. The zero-order valence-electron chi connectivity index (χ0n) is 30.4. The lowest BCUT2D eigenvalue weighted by atomic mass is 9.72. The molecule has 56 heavy (non-hydrogen) atoms. The molecule has 1 N–H and O–H groups in total. The Morgan fingerprint density at radius 2 is 1.75 bits per heavy atom. The number of likely N-dealkylation sites (tertiary alicyclic amines) is 2. The molecule has 2 aromatic heterocycles. The fraction of sp³-hybridized carbons (Fsp3) is 0.513. The number of piperidine rings is 2. The number of carboxylic acid groups (broad SMARTS) is 1.